The Bertz CT molecular complexity index is 1340. The fourth-order valence-corrected chi connectivity index (χ4v) is 3.93. The molecule has 0 fully saturated rings. The molecule has 0 aliphatic carbocycles. The Morgan fingerprint density at radius 3 is 2.94 bits per heavy atom. The van der Waals surface area contributed by atoms with E-state index in [1.54, 1.807) is 30.5 Å². The number of pyridine rings is 1. The van der Waals surface area contributed by atoms with Crippen molar-refractivity contribution in [2.75, 3.05) is 10.6 Å². The lowest BCUT2D eigenvalue weighted by molar-refractivity contribution is 0.103. The Hall–Kier alpha value is -4.42. The SMILES string of the molecule is N#COC(N)=Nc1cccc(NC(=O)c2sccc2NCc2ccnc3ccccc23)c1. The van der Waals surface area contributed by atoms with Crippen LogP contribution in [0.5, 0.6) is 0 Å². The number of benzene rings is 2. The predicted octanol–water partition coefficient (Wildman–Crippen LogP) is 4.60. The molecule has 0 unspecified atom stereocenters. The first-order valence-corrected chi connectivity index (χ1v) is 10.5. The number of carbonyl (C=O) groups excluding carboxylic acids is 1. The van der Waals surface area contributed by atoms with Crippen LogP contribution < -0.4 is 16.4 Å². The van der Waals surface area contributed by atoms with Crippen LogP contribution in [-0.4, -0.2) is 16.9 Å². The second-order valence-corrected chi connectivity index (χ2v) is 7.57. The third-order valence-electron chi connectivity index (χ3n) is 4.57. The number of hydrogen-bond acceptors (Lipinski definition) is 7. The van der Waals surface area contributed by atoms with Gasteiger partial charge in [-0.3, -0.25) is 9.78 Å². The van der Waals surface area contributed by atoms with Gasteiger partial charge in [-0.1, -0.05) is 24.3 Å². The van der Waals surface area contributed by atoms with E-state index >= 15 is 0 Å². The number of thiophene rings is 1. The summed E-state index contributed by atoms with van der Waals surface area (Å²) in [5.41, 5.74) is 9.25. The molecule has 0 bridgehead atoms. The van der Waals surface area contributed by atoms with Gasteiger partial charge in [-0.25, -0.2) is 0 Å². The predicted molar refractivity (Wildman–Crippen MR) is 126 cm³/mol. The highest BCUT2D eigenvalue weighted by atomic mass is 32.1. The number of amides is 1. The van der Waals surface area contributed by atoms with Crippen LogP contribution in [0.15, 0.2) is 77.2 Å². The summed E-state index contributed by atoms with van der Waals surface area (Å²) in [6.07, 6.45) is 3.24. The Labute approximate surface area is 188 Å². The normalized spacial score (nSPS) is 11.0. The number of aliphatic imine (C=N–C) groups is 1. The molecule has 0 aliphatic heterocycles. The van der Waals surface area contributed by atoms with Crippen LogP contribution in [0.25, 0.3) is 10.9 Å². The fourth-order valence-electron chi connectivity index (χ4n) is 3.16. The molecule has 9 heteroatoms. The molecule has 32 heavy (non-hydrogen) atoms. The summed E-state index contributed by atoms with van der Waals surface area (Å²) in [6, 6.07) is 18.3. The number of amidine groups is 1. The topological polar surface area (TPSA) is 125 Å². The number of nitrogens with zero attached hydrogens (tertiary/aromatic N) is 3. The molecule has 1 amide bonds. The maximum atomic E-state index is 12.9. The zero-order valence-electron chi connectivity index (χ0n) is 16.8. The number of para-hydroxylation sites is 1. The van der Waals surface area contributed by atoms with Gasteiger partial charge >= 0.3 is 6.02 Å². The van der Waals surface area contributed by atoms with Crippen LogP contribution >= 0.6 is 11.3 Å². The molecule has 4 N–H and O–H groups in total. The number of hydrogen-bond donors (Lipinski definition) is 3. The third-order valence-corrected chi connectivity index (χ3v) is 5.49. The van der Waals surface area contributed by atoms with Crippen molar-refractivity contribution in [2.24, 2.45) is 10.7 Å². The first-order valence-electron chi connectivity index (χ1n) is 9.59. The van der Waals surface area contributed by atoms with Gasteiger partial charge in [-0.15, -0.1) is 16.6 Å². The molecular formula is C23H18N6O2S. The van der Waals surface area contributed by atoms with E-state index in [9.17, 15) is 4.79 Å². The monoisotopic (exact) mass is 442 g/mol. The summed E-state index contributed by atoms with van der Waals surface area (Å²) in [6.45, 7) is 0.558. The standard InChI is InChI=1S/C23H18N6O2S/c24-14-31-23(25)29-17-5-3-4-16(12-17)28-22(30)21-20(9-11-32-21)27-13-15-8-10-26-19-7-2-1-6-18(15)19/h1-12,27H,13H2,(H2,25,29)(H,28,30). The second-order valence-electron chi connectivity index (χ2n) is 6.65. The number of fused-ring (bicyclic) bond motifs is 1. The largest absolute Gasteiger partial charge is 0.380 e. The van der Waals surface area contributed by atoms with Crippen molar-refractivity contribution in [3.63, 3.8) is 0 Å². The van der Waals surface area contributed by atoms with Gasteiger partial charge in [0.05, 0.1) is 16.9 Å². The molecular weight excluding hydrogens is 424 g/mol. The second kappa shape index (κ2) is 9.59. The number of nitrogens with two attached hydrogens (primary N) is 1. The van der Waals surface area contributed by atoms with Crippen molar-refractivity contribution in [3.8, 4) is 6.26 Å². The fraction of sp³-hybridized carbons (Fsp3) is 0.0435. The Kier molecular flexibility index (Phi) is 6.25. The van der Waals surface area contributed by atoms with Gasteiger partial charge in [0.15, 0.2) is 0 Å². The molecule has 0 radical (unpaired) electrons. The number of nitrogens with one attached hydrogen (secondary N) is 2. The average molecular weight is 443 g/mol. The number of anilines is 2. The summed E-state index contributed by atoms with van der Waals surface area (Å²) >= 11 is 1.35. The highest BCUT2D eigenvalue weighted by Gasteiger charge is 2.14. The van der Waals surface area contributed by atoms with Gasteiger partial charge in [-0.05, 0) is 47.3 Å². The molecule has 0 spiro atoms. The van der Waals surface area contributed by atoms with Crippen molar-refractivity contribution < 1.29 is 9.53 Å². The van der Waals surface area contributed by atoms with Crippen LogP contribution in [0, 0.1) is 11.5 Å². The zero-order chi connectivity index (χ0) is 22.3. The van der Waals surface area contributed by atoms with Gasteiger partial charge in [0, 0.05) is 23.8 Å². The molecule has 4 aromatic rings. The number of ether oxygens (including phenoxy) is 1. The van der Waals surface area contributed by atoms with Gasteiger partial charge in [0.25, 0.3) is 12.2 Å². The molecule has 2 heterocycles. The average Bonchev–Trinajstić information content (AvgIpc) is 3.27. The van der Waals surface area contributed by atoms with E-state index in [4.69, 9.17) is 11.0 Å². The first kappa shape index (κ1) is 20.8. The summed E-state index contributed by atoms with van der Waals surface area (Å²) in [5.74, 6) is -0.246. The highest BCUT2D eigenvalue weighted by molar-refractivity contribution is 7.12. The Morgan fingerprint density at radius 1 is 1.19 bits per heavy atom. The van der Waals surface area contributed by atoms with E-state index in [-0.39, 0.29) is 11.9 Å². The van der Waals surface area contributed by atoms with Gasteiger partial charge in [-0.2, -0.15) is 4.99 Å². The number of aromatic nitrogens is 1. The van der Waals surface area contributed by atoms with Crippen molar-refractivity contribution in [1.82, 2.24) is 4.98 Å². The number of nitriles is 1. The lowest BCUT2D eigenvalue weighted by Crippen LogP contribution is -2.13. The minimum atomic E-state index is -0.274. The molecule has 0 saturated heterocycles. The molecule has 4 rings (SSSR count). The summed E-state index contributed by atoms with van der Waals surface area (Å²) in [4.78, 5) is 21.8. The van der Waals surface area contributed by atoms with Crippen LogP contribution in [0.4, 0.5) is 17.1 Å². The molecule has 2 aromatic carbocycles. The van der Waals surface area contributed by atoms with Gasteiger partial charge < -0.3 is 21.1 Å². The Morgan fingerprint density at radius 2 is 2.06 bits per heavy atom. The van der Waals surface area contributed by atoms with Gasteiger partial charge in [0.1, 0.15) is 4.88 Å². The lowest BCUT2D eigenvalue weighted by Gasteiger charge is -2.10. The molecule has 0 aliphatic rings. The maximum Gasteiger partial charge on any atom is 0.304 e. The van der Waals surface area contributed by atoms with Crippen molar-refractivity contribution in [2.45, 2.75) is 6.54 Å². The van der Waals surface area contributed by atoms with Gasteiger partial charge in [0.2, 0.25) is 0 Å². The van der Waals surface area contributed by atoms with Crippen molar-refractivity contribution >= 4 is 51.2 Å². The minimum Gasteiger partial charge on any atom is -0.380 e. The summed E-state index contributed by atoms with van der Waals surface area (Å²) in [5, 5.41) is 17.6. The van der Waals surface area contributed by atoms with Crippen LogP contribution in [-0.2, 0) is 11.3 Å². The number of rotatable bonds is 6. The van der Waals surface area contributed by atoms with Crippen LogP contribution in [0.2, 0.25) is 0 Å². The van der Waals surface area contributed by atoms with E-state index in [2.05, 4.69) is 25.3 Å². The molecule has 0 saturated carbocycles. The maximum absolute atomic E-state index is 12.9. The van der Waals surface area contributed by atoms with Crippen molar-refractivity contribution in [1.29, 1.82) is 5.26 Å². The molecule has 2 aromatic heterocycles. The van der Waals surface area contributed by atoms with Crippen LogP contribution in [0.1, 0.15) is 15.2 Å². The Balaban J connectivity index is 1.47. The lowest BCUT2D eigenvalue weighted by atomic mass is 10.1. The smallest absolute Gasteiger partial charge is 0.304 e. The summed E-state index contributed by atoms with van der Waals surface area (Å²) in [7, 11) is 0. The quantitative estimate of drug-likeness (QED) is 0.228. The van der Waals surface area contributed by atoms with Crippen molar-refractivity contribution in [3.05, 3.63) is 82.7 Å². The first-order chi connectivity index (χ1) is 15.6. The van der Waals surface area contributed by atoms with E-state index in [0.29, 0.717) is 22.8 Å². The molecule has 8 nitrogen and oxygen atoms in total. The van der Waals surface area contributed by atoms with E-state index in [1.165, 1.54) is 17.6 Å². The van der Waals surface area contributed by atoms with E-state index in [0.717, 1.165) is 22.2 Å². The van der Waals surface area contributed by atoms with E-state index in [1.807, 2.05) is 41.8 Å². The van der Waals surface area contributed by atoms with E-state index < -0.39 is 0 Å². The third kappa shape index (κ3) is 4.83. The molecule has 158 valence electrons. The molecule has 0 atom stereocenters. The summed E-state index contributed by atoms with van der Waals surface area (Å²) < 4.78 is 4.47. The van der Waals surface area contributed by atoms with Crippen LogP contribution in [0.3, 0.4) is 0 Å². The zero-order valence-corrected chi connectivity index (χ0v) is 17.6. The minimum absolute atomic E-state index is 0.246. The highest BCUT2D eigenvalue weighted by Crippen LogP contribution is 2.26. The number of carbonyl (C=O) groups is 1.